The van der Waals surface area contributed by atoms with Crippen molar-refractivity contribution in [2.75, 3.05) is 6.54 Å². The van der Waals surface area contributed by atoms with Gasteiger partial charge in [0, 0.05) is 6.54 Å². The molecule has 24 heavy (non-hydrogen) atoms. The molecular weight excluding hydrogens is 374 g/mol. The van der Waals surface area contributed by atoms with Crippen molar-refractivity contribution in [1.29, 1.82) is 0 Å². The van der Waals surface area contributed by atoms with E-state index in [0.717, 1.165) is 12.1 Å². The second kappa shape index (κ2) is 7.74. The molecule has 0 bridgehead atoms. The Morgan fingerprint density at radius 1 is 1.25 bits per heavy atom. The molecule has 2 aromatic rings. The van der Waals surface area contributed by atoms with E-state index in [1.54, 1.807) is 23.5 Å². The first-order valence-corrected chi connectivity index (χ1v) is 8.57. The second-order valence-electron chi connectivity index (χ2n) is 6.37. The fraction of sp³-hybridized carbons (Fsp3) is 0.500. The number of nitrogens with one attached hydrogen (secondary N) is 1. The summed E-state index contributed by atoms with van der Waals surface area (Å²) in [6.45, 7) is 8.53. The molecule has 0 fully saturated rings. The van der Waals surface area contributed by atoms with Crippen LogP contribution in [0.25, 0.3) is 11.4 Å². The van der Waals surface area contributed by atoms with Gasteiger partial charge in [-0.15, -0.1) is 0 Å². The molecule has 130 valence electrons. The molecule has 0 aliphatic carbocycles. The van der Waals surface area contributed by atoms with E-state index < -0.39 is 5.60 Å². The Balaban J connectivity index is 2.10. The van der Waals surface area contributed by atoms with Crippen molar-refractivity contribution >= 4 is 22.0 Å². The Morgan fingerprint density at radius 3 is 2.58 bits per heavy atom. The van der Waals surface area contributed by atoms with E-state index in [2.05, 4.69) is 35.9 Å². The molecule has 0 atom stereocenters. The van der Waals surface area contributed by atoms with Crippen molar-refractivity contribution in [2.24, 2.45) is 0 Å². The molecule has 1 amide bonds. The number of H-pyrrole nitrogens is 1. The van der Waals surface area contributed by atoms with E-state index in [4.69, 9.17) is 4.74 Å². The minimum Gasteiger partial charge on any atom is -0.444 e. The van der Waals surface area contributed by atoms with Gasteiger partial charge in [0.1, 0.15) is 21.7 Å². The van der Waals surface area contributed by atoms with Crippen molar-refractivity contribution in [3.63, 3.8) is 0 Å². The number of nitrogens with zero attached hydrogens (tertiary/aromatic N) is 4. The molecule has 2 heterocycles. The van der Waals surface area contributed by atoms with Crippen LogP contribution in [0.4, 0.5) is 4.79 Å². The Hall–Kier alpha value is -1.96. The summed E-state index contributed by atoms with van der Waals surface area (Å²) >= 11 is 3.26. The molecule has 0 aliphatic heterocycles. The zero-order chi connectivity index (χ0) is 17.7. The average Bonchev–Trinajstić information content (AvgIpc) is 2.94. The van der Waals surface area contributed by atoms with Crippen molar-refractivity contribution in [2.45, 2.75) is 46.3 Å². The number of hydrogen-bond acceptors (Lipinski definition) is 5. The molecule has 0 unspecified atom stereocenters. The first-order chi connectivity index (χ1) is 11.3. The van der Waals surface area contributed by atoms with Gasteiger partial charge in [0.05, 0.1) is 30.8 Å². The van der Waals surface area contributed by atoms with Gasteiger partial charge in [0.25, 0.3) is 0 Å². The van der Waals surface area contributed by atoms with Crippen LogP contribution in [0.15, 0.2) is 23.2 Å². The van der Waals surface area contributed by atoms with Gasteiger partial charge in [-0.2, -0.15) is 0 Å². The van der Waals surface area contributed by atoms with E-state index in [1.807, 2.05) is 27.7 Å². The predicted octanol–water partition coefficient (Wildman–Crippen LogP) is 3.78. The van der Waals surface area contributed by atoms with Gasteiger partial charge in [-0.05, 0) is 43.1 Å². The van der Waals surface area contributed by atoms with Gasteiger partial charge in [-0.1, -0.05) is 6.92 Å². The Bertz CT molecular complexity index is 679. The minimum absolute atomic E-state index is 0.342. The summed E-state index contributed by atoms with van der Waals surface area (Å²) in [6.07, 6.45) is 5.46. The number of carbonyl (C=O) groups is 1. The smallest absolute Gasteiger partial charge is 0.410 e. The van der Waals surface area contributed by atoms with Crippen molar-refractivity contribution < 1.29 is 9.53 Å². The summed E-state index contributed by atoms with van der Waals surface area (Å²) in [5.74, 6) is 0.675. The summed E-state index contributed by atoms with van der Waals surface area (Å²) < 4.78 is 6.12. The topological polar surface area (TPSA) is 84.0 Å². The Kier molecular flexibility index (Phi) is 5.93. The number of aromatic amines is 1. The third-order valence-corrected chi connectivity index (χ3v) is 3.42. The SMILES string of the molecule is CCCN(Cc1ncc(-c2cnc(Br)cn2)[nH]1)C(=O)OC(C)(C)C. The third-order valence-electron chi connectivity index (χ3n) is 3.01. The molecule has 0 spiro atoms. The highest BCUT2D eigenvalue weighted by atomic mass is 79.9. The summed E-state index contributed by atoms with van der Waals surface area (Å²) in [4.78, 5) is 29.9. The van der Waals surface area contributed by atoms with Crippen LogP contribution < -0.4 is 0 Å². The lowest BCUT2D eigenvalue weighted by Crippen LogP contribution is -2.37. The molecule has 1 N–H and O–H groups in total. The van der Waals surface area contributed by atoms with Gasteiger partial charge in [-0.3, -0.25) is 4.98 Å². The summed E-state index contributed by atoms with van der Waals surface area (Å²) in [5.41, 5.74) is 0.923. The number of halogens is 1. The van der Waals surface area contributed by atoms with Crippen LogP contribution in [-0.2, 0) is 11.3 Å². The lowest BCUT2D eigenvalue weighted by Gasteiger charge is -2.26. The molecule has 0 aliphatic rings. The quantitative estimate of drug-likeness (QED) is 0.832. The number of hydrogen-bond donors (Lipinski definition) is 1. The maximum Gasteiger partial charge on any atom is 0.410 e. The number of ether oxygens (including phenoxy) is 1. The lowest BCUT2D eigenvalue weighted by molar-refractivity contribution is 0.0229. The number of aromatic nitrogens is 4. The molecule has 8 heteroatoms. The number of amides is 1. The Morgan fingerprint density at radius 2 is 2.00 bits per heavy atom. The normalized spacial score (nSPS) is 11.4. The molecule has 7 nitrogen and oxygen atoms in total. The maximum atomic E-state index is 12.3. The van der Waals surface area contributed by atoms with Crippen LogP contribution in [0.5, 0.6) is 0 Å². The molecule has 0 saturated heterocycles. The zero-order valence-electron chi connectivity index (χ0n) is 14.3. The van der Waals surface area contributed by atoms with Crippen LogP contribution in [0.3, 0.4) is 0 Å². The van der Waals surface area contributed by atoms with Crippen molar-refractivity contribution in [3.05, 3.63) is 29.0 Å². The number of carbonyl (C=O) groups excluding carboxylic acids is 1. The minimum atomic E-state index is -0.523. The van der Waals surface area contributed by atoms with Gasteiger partial charge < -0.3 is 14.6 Å². The highest BCUT2D eigenvalue weighted by molar-refractivity contribution is 9.10. The zero-order valence-corrected chi connectivity index (χ0v) is 15.9. The monoisotopic (exact) mass is 395 g/mol. The molecule has 0 aromatic carbocycles. The Labute approximate surface area is 150 Å². The first-order valence-electron chi connectivity index (χ1n) is 7.78. The van der Waals surface area contributed by atoms with Gasteiger partial charge in [0.2, 0.25) is 0 Å². The summed E-state index contributed by atoms with van der Waals surface area (Å²) in [7, 11) is 0. The van der Waals surface area contributed by atoms with E-state index >= 15 is 0 Å². The maximum absolute atomic E-state index is 12.3. The van der Waals surface area contributed by atoms with Gasteiger partial charge in [-0.25, -0.2) is 14.8 Å². The van der Waals surface area contributed by atoms with Crippen molar-refractivity contribution in [1.82, 2.24) is 24.8 Å². The fourth-order valence-electron chi connectivity index (χ4n) is 2.04. The summed E-state index contributed by atoms with van der Waals surface area (Å²) in [6, 6.07) is 0. The molecular formula is C16H22BrN5O2. The average molecular weight is 396 g/mol. The lowest BCUT2D eigenvalue weighted by atomic mass is 10.2. The van der Waals surface area contributed by atoms with E-state index in [-0.39, 0.29) is 6.09 Å². The third kappa shape index (κ3) is 5.30. The van der Waals surface area contributed by atoms with E-state index in [9.17, 15) is 4.79 Å². The fourth-order valence-corrected chi connectivity index (χ4v) is 2.24. The molecule has 0 radical (unpaired) electrons. The van der Waals surface area contributed by atoms with Crippen LogP contribution in [0, 0.1) is 0 Å². The first kappa shape index (κ1) is 18.4. The highest BCUT2D eigenvalue weighted by Crippen LogP contribution is 2.16. The van der Waals surface area contributed by atoms with Crippen molar-refractivity contribution in [3.8, 4) is 11.4 Å². The number of imidazole rings is 1. The van der Waals surface area contributed by atoms with Crippen LogP contribution in [-0.4, -0.2) is 43.1 Å². The summed E-state index contributed by atoms with van der Waals surface area (Å²) in [5, 5.41) is 0. The van der Waals surface area contributed by atoms with E-state index in [1.165, 1.54) is 0 Å². The standard InChI is InChI=1S/C16H22BrN5O2/c1-5-6-22(15(23)24-16(2,3)4)10-14-20-8-12(21-14)11-7-19-13(17)9-18-11/h7-9H,5-6,10H2,1-4H3,(H,20,21). The number of rotatable bonds is 5. The van der Waals surface area contributed by atoms with E-state index in [0.29, 0.717) is 29.2 Å². The van der Waals surface area contributed by atoms with Crippen LogP contribution >= 0.6 is 15.9 Å². The van der Waals surface area contributed by atoms with Crippen LogP contribution in [0.2, 0.25) is 0 Å². The second-order valence-corrected chi connectivity index (χ2v) is 7.18. The van der Waals surface area contributed by atoms with Crippen LogP contribution in [0.1, 0.15) is 39.9 Å². The van der Waals surface area contributed by atoms with Gasteiger partial charge >= 0.3 is 6.09 Å². The highest BCUT2D eigenvalue weighted by Gasteiger charge is 2.22. The predicted molar refractivity (Wildman–Crippen MR) is 94.2 cm³/mol. The molecule has 0 saturated carbocycles. The largest absolute Gasteiger partial charge is 0.444 e. The van der Waals surface area contributed by atoms with Gasteiger partial charge in [0.15, 0.2) is 0 Å². The molecule has 2 rings (SSSR count). The molecule has 2 aromatic heterocycles.